The number of carbonyl (C=O) groups excluding carboxylic acids is 1. The molecule has 2 aromatic carbocycles. The second kappa shape index (κ2) is 6.65. The van der Waals surface area contributed by atoms with E-state index in [1.54, 1.807) is 24.3 Å². The summed E-state index contributed by atoms with van der Waals surface area (Å²) in [5.74, 6) is -0.686. The summed E-state index contributed by atoms with van der Waals surface area (Å²) in [5, 5.41) is 5.20. The Kier molecular flexibility index (Phi) is 4.65. The highest BCUT2D eigenvalue weighted by Crippen LogP contribution is 2.04. The van der Waals surface area contributed by atoms with Crippen LogP contribution in [0.1, 0.15) is 11.1 Å². The van der Waals surface area contributed by atoms with Gasteiger partial charge in [0.25, 0.3) is 0 Å². The second-order valence-corrected chi connectivity index (χ2v) is 4.30. The number of carbonyl (C=O) groups is 1. The average Bonchev–Trinajstić information content (AvgIpc) is 2.43. The van der Waals surface area contributed by atoms with Gasteiger partial charge < -0.3 is 10.6 Å². The molecule has 0 aliphatic carbocycles. The minimum absolute atomic E-state index is 0.229. The van der Waals surface area contributed by atoms with Crippen LogP contribution in [0, 0.1) is 11.6 Å². The van der Waals surface area contributed by atoms with Crippen LogP contribution < -0.4 is 10.6 Å². The van der Waals surface area contributed by atoms with E-state index in [-0.39, 0.29) is 24.7 Å². The lowest BCUT2D eigenvalue weighted by Crippen LogP contribution is -2.34. The lowest BCUT2D eigenvalue weighted by molar-refractivity contribution is 0.240. The third kappa shape index (κ3) is 4.35. The molecule has 5 heteroatoms. The third-order valence-corrected chi connectivity index (χ3v) is 2.68. The van der Waals surface area contributed by atoms with Crippen molar-refractivity contribution in [1.29, 1.82) is 0 Å². The first-order chi connectivity index (χ1) is 9.63. The summed E-state index contributed by atoms with van der Waals surface area (Å²) >= 11 is 0. The van der Waals surface area contributed by atoms with Gasteiger partial charge in [0.2, 0.25) is 0 Å². The van der Waals surface area contributed by atoms with Crippen LogP contribution in [-0.2, 0) is 13.1 Å². The van der Waals surface area contributed by atoms with Crippen LogP contribution >= 0.6 is 0 Å². The second-order valence-electron chi connectivity index (χ2n) is 4.30. The SMILES string of the molecule is O=C(NCc1cccc(F)c1)NCc1cccc(F)c1. The molecule has 3 nitrogen and oxygen atoms in total. The zero-order chi connectivity index (χ0) is 14.4. The molecule has 2 aromatic rings. The molecule has 20 heavy (non-hydrogen) atoms. The summed E-state index contributed by atoms with van der Waals surface area (Å²) in [6, 6.07) is 11.6. The van der Waals surface area contributed by atoms with E-state index in [0.29, 0.717) is 11.1 Å². The largest absolute Gasteiger partial charge is 0.334 e. The summed E-state index contributed by atoms with van der Waals surface area (Å²) in [4.78, 5) is 11.5. The first-order valence-electron chi connectivity index (χ1n) is 6.14. The predicted octanol–water partition coefficient (Wildman–Crippen LogP) is 2.96. The van der Waals surface area contributed by atoms with Gasteiger partial charge in [-0.05, 0) is 35.4 Å². The molecule has 0 fully saturated rings. The highest BCUT2D eigenvalue weighted by molar-refractivity contribution is 5.73. The first kappa shape index (κ1) is 14.0. The number of hydrogen-bond acceptors (Lipinski definition) is 1. The van der Waals surface area contributed by atoms with Gasteiger partial charge in [-0.3, -0.25) is 0 Å². The molecular formula is C15H14F2N2O. The van der Waals surface area contributed by atoms with Crippen molar-refractivity contribution in [3.8, 4) is 0 Å². The highest BCUT2D eigenvalue weighted by Gasteiger charge is 2.02. The number of rotatable bonds is 4. The summed E-state index contributed by atoms with van der Waals surface area (Å²) in [6.45, 7) is 0.458. The Labute approximate surface area is 115 Å². The van der Waals surface area contributed by atoms with Gasteiger partial charge >= 0.3 is 6.03 Å². The zero-order valence-electron chi connectivity index (χ0n) is 10.7. The smallest absolute Gasteiger partial charge is 0.315 e. The van der Waals surface area contributed by atoms with E-state index in [4.69, 9.17) is 0 Å². The van der Waals surface area contributed by atoms with Crippen LogP contribution in [0.15, 0.2) is 48.5 Å². The molecule has 2 amide bonds. The number of halogens is 2. The molecule has 0 aliphatic heterocycles. The number of urea groups is 1. The average molecular weight is 276 g/mol. The Morgan fingerprint density at radius 1 is 0.850 bits per heavy atom. The van der Waals surface area contributed by atoms with Crippen LogP contribution in [0.5, 0.6) is 0 Å². The number of amides is 2. The van der Waals surface area contributed by atoms with Gasteiger partial charge in [-0.15, -0.1) is 0 Å². The molecule has 0 saturated carbocycles. The van der Waals surface area contributed by atoms with Crippen molar-refractivity contribution in [3.05, 3.63) is 71.3 Å². The zero-order valence-corrected chi connectivity index (χ0v) is 10.7. The van der Waals surface area contributed by atoms with Gasteiger partial charge in [0.15, 0.2) is 0 Å². The summed E-state index contributed by atoms with van der Waals surface area (Å²) in [7, 11) is 0. The van der Waals surface area contributed by atoms with Crippen molar-refractivity contribution in [2.75, 3.05) is 0 Å². The molecule has 0 atom stereocenters. The number of nitrogens with one attached hydrogen (secondary N) is 2. The molecule has 0 heterocycles. The normalized spacial score (nSPS) is 10.1. The van der Waals surface area contributed by atoms with Crippen molar-refractivity contribution < 1.29 is 13.6 Å². The Morgan fingerprint density at radius 2 is 1.30 bits per heavy atom. The summed E-state index contributed by atoms with van der Waals surface area (Å²) in [5.41, 5.74) is 1.34. The first-order valence-corrected chi connectivity index (χ1v) is 6.14. The van der Waals surface area contributed by atoms with Crippen LogP contribution in [0.25, 0.3) is 0 Å². The van der Waals surface area contributed by atoms with Gasteiger partial charge in [0.05, 0.1) is 0 Å². The Bertz CT molecular complexity index is 550. The van der Waals surface area contributed by atoms with Gasteiger partial charge in [-0.1, -0.05) is 24.3 Å². The molecule has 0 bridgehead atoms. The molecular weight excluding hydrogens is 262 g/mol. The topological polar surface area (TPSA) is 41.1 Å². The molecule has 0 radical (unpaired) electrons. The monoisotopic (exact) mass is 276 g/mol. The molecule has 2 rings (SSSR count). The molecule has 0 unspecified atom stereocenters. The lowest BCUT2D eigenvalue weighted by atomic mass is 10.2. The fourth-order valence-electron chi connectivity index (χ4n) is 1.72. The van der Waals surface area contributed by atoms with E-state index in [1.807, 2.05) is 0 Å². The fourth-order valence-corrected chi connectivity index (χ4v) is 1.72. The van der Waals surface area contributed by atoms with Crippen LogP contribution in [0.2, 0.25) is 0 Å². The molecule has 0 aliphatic rings. The lowest BCUT2D eigenvalue weighted by Gasteiger charge is -2.08. The van der Waals surface area contributed by atoms with Crippen molar-refractivity contribution >= 4 is 6.03 Å². The molecule has 0 spiro atoms. The Morgan fingerprint density at radius 3 is 1.70 bits per heavy atom. The van der Waals surface area contributed by atoms with Crippen LogP contribution in [-0.4, -0.2) is 6.03 Å². The maximum atomic E-state index is 12.9. The summed E-state index contributed by atoms with van der Waals surface area (Å²) in [6.07, 6.45) is 0. The van der Waals surface area contributed by atoms with E-state index < -0.39 is 6.03 Å². The van der Waals surface area contributed by atoms with Gasteiger partial charge in [-0.25, -0.2) is 13.6 Å². The minimum atomic E-state index is -0.390. The van der Waals surface area contributed by atoms with Crippen LogP contribution in [0.3, 0.4) is 0 Å². The van der Waals surface area contributed by atoms with E-state index in [9.17, 15) is 13.6 Å². The Balaban J connectivity index is 1.78. The number of benzene rings is 2. The van der Waals surface area contributed by atoms with E-state index in [1.165, 1.54) is 24.3 Å². The van der Waals surface area contributed by atoms with Gasteiger partial charge in [-0.2, -0.15) is 0 Å². The molecule has 0 saturated heterocycles. The molecule has 104 valence electrons. The maximum absolute atomic E-state index is 12.9. The fraction of sp³-hybridized carbons (Fsp3) is 0.133. The Hall–Kier alpha value is -2.43. The molecule has 0 aromatic heterocycles. The van der Waals surface area contributed by atoms with E-state index >= 15 is 0 Å². The van der Waals surface area contributed by atoms with Gasteiger partial charge in [0, 0.05) is 13.1 Å². The maximum Gasteiger partial charge on any atom is 0.315 e. The standard InChI is InChI=1S/C15H14F2N2O/c16-13-5-1-3-11(7-13)9-18-15(20)19-10-12-4-2-6-14(17)8-12/h1-8H,9-10H2,(H2,18,19,20). The van der Waals surface area contributed by atoms with E-state index in [0.717, 1.165) is 0 Å². The van der Waals surface area contributed by atoms with Crippen LogP contribution in [0.4, 0.5) is 13.6 Å². The number of hydrogen-bond donors (Lipinski definition) is 2. The van der Waals surface area contributed by atoms with Crippen molar-refractivity contribution in [1.82, 2.24) is 10.6 Å². The molecule has 2 N–H and O–H groups in total. The summed E-state index contributed by atoms with van der Waals surface area (Å²) < 4.78 is 25.9. The predicted molar refractivity (Wildman–Crippen MR) is 71.9 cm³/mol. The van der Waals surface area contributed by atoms with Crippen molar-refractivity contribution in [2.24, 2.45) is 0 Å². The highest BCUT2D eigenvalue weighted by atomic mass is 19.1. The quantitative estimate of drug-likeness (QED) is 0.885. The third-order valence-electron chi connectivity index (χ3n) is 2.68. The minimum Gasteiger partial charge on any atom is -0.334 e. The van der Waals surface area contributed by atoms with Gasteiger partial charge in [0.1, 0.15) is 11.6 Å². The van der Waals surface area contributed by atoms with Crippen molar-refractivity contribution in [3.63, 3.8) is 0 Å². The van der Waals surface area contributed by atoms with Crippen molar-refractivity contribution in [2.45, 2.75) is 13.1 Å². The van der Waals surface area contributed by atoms with E-state index in [2.05, 4.69) is 10.6 Å².